The van der Waals surface area contributed by atoms with Gasteiger partial charge in [-0.1, -0.05) is 158 Å². The van der Waals surface area contributed by atoms with Gasteiger partial charge in [-0.2, -0.15) is 0 Å². The molecule has 2 nitrogen and oxygen atoms in total. The van der Waals surface area contributed by atoms with Crippen LogP contribution >= 0.6 is 0 Å². The van der Waals surface area contributed by atoms with Gasteiger partial charge in [0.1, 0.15) is 11.2 Å². The standard InChI is InChI=1S/C50H33NO/c1-3-14-38-32-40(30-26-34(38)12-1)36-24-28-37(29-25-36)42-16-5-8-19-45(42)51(47-21-11-23-49-50(47)44-18-7-10-22-48(44)52-49)46-20-9-6-17-43(46)41-31-27-35-13-2-4-15-39(35)33-41/h1-33H. The molecular formula is C50H33NO. The number of furan rings is 1. The molecule has 0 N–H and O–H groups in total. The highest BCUT2D eigenvalue weighted by Gasteiger charge is 2.24. The molecule has 9 aromatic carbocycles. The summed E-state index contributed by atoms with van der Waals surface area (Å²) >= 11 is 0. The van der Waals surface area contributed by atoms with Crippen molar-refractivity contribution in [3.63, 3.8) is 0 Å². The van der Waals surface area contributed by atoms with E-state index in [-0.39, 0.29) is 0 Å². The van der Waals surface area contributed by atoms with E-state index in [4.69, 9.17) is 4.42 Å². The summed E-state index contributed by atoms with van der Waals surface area (Å²) in [7, 11) is 0. The first-order valence-corrected chi connectivity index (χ1v) is 17.8. The number of nitrogens with zero attached hydrogens (tertiary/aromatic N) is 1. The molecule has 1 aromatic heterocycles. The number of hydrogen-bond donors (Lipinski definition) is 0. The first kappa shape index (κ1) is 30.0. The SMILES string of the molecule is c1ccc(N(c2ccccc2-c2ccc3ccccc3c2)c2cccc3oc4ccccc4c23)c(-c2ccc(-c3ccc4ccccc4c3)cc2)c1. The largest absolute Gasteiger partial charge is 0.456 e. The minimum absolute atomic E-state index is 0.865. The molecule has 0 saturated heterocycles. The fourth-order valence-electron chi connectivity index (χ4n) is 7.73. The minimum atomic E-state index is 0.865. The van der Waals surface area contributed by atoms with E-state index in [1.165, 1.54) is 38.2 Å². The average Bonchev–Trinajstić information content (AvgIpc) is 3.61. The maximum absolute atomic E-state index is 6.45. The average molecular weight is 664 g/mol. The van der Waals surface area contributed by atoms with Crippen LogP contribution in [0.5, 0.6) is 0 Å². The zero-order valence-corrected chi connectivity index (χ0v) is 28.4. The molecule has 0 fully saturated rings. The van der Waals surface area contributed by atoms with Crippen molar-refractivity contribution >= 4 is 60.5 Å². The van der Waals surface area contributed by atoms with Crippen LogP contribution in [0.1, 0.15) is 0 Å². The molecule has 0 aliphatic carbocycles. The van der Waals surface area contributed by atoms with Crippen LogP contribution in [-0.2, 0) is 0 Å². The maximum Gasteiger partial charge on any atom is 0.137 e. The van der Waals surface area contributed by atoms with Crippen LogP contribution in [0.25, 0.3) is 76.9 Å². The molecule has 0 aliphatic rings. The Labute approximate surface area is 302 Å². The first-order chi connectivity index (χ1) is 25.8. The van der Waals surface area contributed by atoms with Crippen molar-refractivity contribution in [2.75, 3.05) is 4.90 Å². The Hall–Kier alpha value is -6.90. The van der Waals surface area contributed by atoms with E-state index in [9.17, 15) is 0 Å². The summed E-state index contributed by atoms with van der Waals surface area (Å²) in [6.45, 7) is 0. The number of rotatable bonds is 6. The van der Waals surface area contributed by atoms with E-state index in [2.05, 4.69) is 199 Å². The van der Waals surface area contributed by atoms with Crippen LogP contribution in [-0.4, -0.2) is 0 Å². The lowest BCUT2D eigenvalue weighted by molar-refractivity contribution is 0.669. The highest BCUT2D eigenvalue weighted by molar-refractivity contribution is 6.14. The fraction of sp³-hybridized carbons (Fsp3) is 0. The predicted octanol–water partition coefficient (Wildman–Crippen LogP) is 14.4. The topological polar surface area (TPSA) is 16.4 Å². The van der Waals surface area contributed by atoms with Gasteiger partial charge in [-0.15, -0.1) is 0 Å². The van der Waals surface area contributed by atoms with Gasteiger partial charge in [0.15, 0.2) is 0 Å². The number of para-hydroxylation sites is 3. The quantitative estimate of drug-likeness (QED) is 0.176. The Kier molecular flexibility index (Phi) is 7.18. The van der Waals surface area contributed by atoms with Crippen molar-refractivity contribution < 1.29 is 4.42 Å². The third kappa shape index (κ3) is 5.12. The molecule has 10 rings (SSSR count). The van der Waals surface area contributed by atoms with Crippen LogP contribution in [0, 0.1) is 0 Å². The Morgan fingerprint density at radius 2 is 0.788 bits per heavy atom. The van der Waals surface area contributed by atoms with Crippen molar-refractivity contribution in [1.29, 1.82) is 0 Å². The molecule has 1 heterocycles. The van der Waals surface area contributed by atoms with Crippen LogP contribution in [0.3, 0.4) is 0 Å². The molecule has 0 atom stereocenters. The number of anilines is 3. The Balaban J connectivity index is 1.18. The van der Waals surface area contributed by atoms with E-state index in [1.807, 2.05) is 6.07 Å². The lowest BCUT2D eigenvalue weighted by Crippen LogP contribution is -2.12. The molecule has 0 amide bonds. The zero-order valence-electron chi connectivity index (χ0n) is 28.4. The van der Waals surface area contributed by atoms with Crippen LogP contribution in [0.2, 0.25) is 0 Å². The molecule has 0 spiro atoms. The van der Waals surface area contributed by atoms with Gasteiger partial charge in [-0.25, -0.2) is 0 Å². The monoisotopic (exact) mass is 663 g/mol. The van der Waals surface area contributed by atoms with Gasteiger partial charge in [-0.3, -0.25) is 0 Å². The highest BCUT2D eigenvalue weighted by Crippen LogP contribution is 2.48. The molecule has 0 saturated carbocycles. The molecule has 10 aromatic rings. The summed E-state index contributed by atoms with van der Waals surface area (Å²) in [6.07, 6.45) is 0. The van der Waals surface area contributed by atoms with Gasteiger partial charge < -0.3 is 9.32 Å². The number of hydrogen-bond acceptors (Lipinski definition) is 2. The zero-order chi connectivity index (χ0) is 34.4. The summed E-state index contributed by atoms with van der Waals surface area (Å²) in [5.41, 5.74) is 12.0. The van der Waals surface area contributed by atoms with Gasteiger partial charge in [0.25, 0.3) is 0 Å². The maximum atomic E-state index is 6.45. The second-order valence-electron chi connectivity index (χ2n) is 13.3. The smallest absolute Gasteiger partial charge is 0.137 e. The summed E-state index contributed by atoms with van der Waals surface area (Å²) in [4.78, 5) is 2.43. The predicted molar refractivity (Wildman–Crippen MR) is 220 cm³/mol. The number of benzene rings is 9. The van der Waals surface area contributed by atoms with Crippen LogP contribution in [0.4, 0.5) is 17.1 Å². The van der Waals surface area contributed by atoms with E-state index >= 15 is 0 Å². The van der Waals surface area contributed by atoms with E-state index in [1.54, 1.807) is 0 Å². The first-order valence-electron chi connectivity index (χ1n) is 17.8. The minimum Gasteiger partial charge on any atom is -0.456 e. The molecule has 2 heteroatoms. The summed E-state index contributed by atoms with van der Waals surface area (Å²) in [6, 6.07) is 71.8. The van der Waals surface area contributed by atoms with Gasteiger partial charge >= 0.3 is 0 Å². The second-order valence-corrected chi connectivity index (χ2v) is 13.3. The third-order valence-electron chi connectivity index (χ3n) is 10.3. The molecule has 0 unspecified atom stereocenters. The summed E-state index contributed by atoms with van der Waals surface area (Å²) in [5, 5.41) is 7.13. The summed E-state index contributed by atoms with van der Waals surface area (Å²) < 4.78 is 6.45. The molecule has 244 valence electrons. The van der Waals surface area contributed by atoms with E-state index in [0.717, 1.165) is 55.7 Å². The molecule has 0 aliphatic heterocycles. The Morgan fingerprint density at radius 3 is 1.50 bits per heavy atom. The number of fused-ring (bicyclic) bond motifs is 5. The van der Waals surface area contributed by atoms with E-state index < -0.39 is 0 Å². The van der Waals surface area contributed by atoms with Gasteiger partial charge in [-0.05, 0) is 86.3 Å². The van der Waals surface area contributed by atoms with E-state index in [0.29, 0.717) is 0 Å². The lowest BCUT2D eigenvalue weighted by Gasteiger charge is -2.30. The van der Waals surface area contributed by atoms with Crippen molar-refractivity contribution in [1.82, 2.24) is 0 Å². The second kappa shape index (κ2) is 12.5. The molecular weight excluding hydrogens is 631 g/mol. The Morgan fingerprint density at radius 1 is 0.308 bits per heavy atom. The molecule has 0 radical (unpaired) electrons. The van der Waals surface area contributed by atoms with Gasteiger partial charge in [0.05, 0.1) is 22.4 Å². The molecule has 52 heavy (non-hydrogen) atoms. The normalized spacial score (nSPS) is 11.5. The van der Waals surface area contributed by atoms with Crippen molar-refractivity contribution in [2.45, 2.75) is 0 Å². The lowest BCUT2D eigenvalue weighted by atomic mass is 9.95. The summed E-state index contributed by atoms with van der Waals surface area (Å²) in [5.74, 6) is 0. The van der Waals surface area contributed by atoms with Crippen LogP contribution < -0.4 is 4.90 Å². The Bertz CT molecular complexity index is 2920. The van der Waals surface area contributed by atoms with Gasteiger partial charge in [0.2, 0.25) is 0 Å². The van der Waals surface area contributed by atoms with Crippen molar-refractivity contribution in [3.8, 4) is 33.4 Å². The van der Waals surface area contributed by atoms with Crippen LogP contribution in [0.15, 0.2) is 205 Å². The third-order valence-corrected chi connectivity index (χ3v) is 10.3. The fourth-order valence-corrected chi connectivity index (χ4v) is 7.73. The molecule has 0 bridgehead atoms. The van der Waals surface area contributed by atoms with Crippen molar-refractivity contribution in [3.05, 3.63) is 200 Å². The van der Waals surface area contributed by atoms with Gasteiger partial charge in [0, 0.05) is 16.5 Å². The highest BCUT2D eigenvalue weighted by atomic mass is 16.3. The van der Waals surface area contributed by atoms with Crippen molar-refractivity contribution in [2.24, 2.45) is 0 Å².